The lowest BCUT2D eigenvalue weighted by Gasteiger charge is -2.31. The topological polar surface area (TPSA) is 112 Å². The fraction of sp³-hybridized carbons (Fsp3) is 0.467. The maximum Gasteiger partial charge on any atom is 0.409 e. The van der Waals surface area contributed by atoms with Gasteiger partial charge < -0.3 is 20.3 Å². The van der Waals surface area contributed by atoms with Crippen molar-refractivity contribution in [2.75, 3.05) is 25.0 Å². The third-order valence-electron chi connectivity index (χ3n) is 3.93. The first kappa shape index (κ1) is 16.0. The van der Waals surface area contributed by atoms with Crippen molar-refractivity contribution in [2.24, 2.45) is 0 Å². The van der Waals surface area contributed by atoms with E-state index in [-0.39, 0.29) is 18.2 Å². The van der Waals surface area contributed by atoms with Crippen LogP contribution in [0.15, 0.2) is 18.2 Å². The molecule has 1 saturated heterocycles. The summed E-state index contributed by atoms with van der Waals surface area (Å²) in [4.78, 5) is 25.4. The molecule has 1 aliphatic rings. The molecule has 24 heavy (non-hydrogen) atoms. The van der Waals surface area contributed by atoms with Crippen LogP contribution in [0.4, 0.5) is 15.3 Å². The summed E-state index contributed by atoms with van der Waals surface area (Å²) in [5.41, 5.74) is 2.08. The van der Waals surface area contributed by atoms with Gasteiger partial charge in [-0.2, -0.15) is 15.4 Å². The maximum absolute atomic E-state index is 12.1. The standard InChI is InChI=1S/C15H20N6O3/c1-2-24-15(23)21-7-5-10(6-8-21)16-14(22)17-11-3-4-12-13(9-11)19-20-18-12/h3-4,9-10H,2,5-8H2,1H3,(H2,16,17,22)(H,18,19,20). The lowest BCUT2D eigenvalue weighted by atomic mass is 10.1. The lowest BCUT2D eigenvalue weighted by Crippen LogP contribution is -2.47. The average molecular weight is 332 g/mol. The molecule has 2 heterocycles. The van der Waals surface area contributed by atoms with E-state index in [2.05, 4.69) is 26.0 Å². The fourth-order valence-corrected chi connectivity index (χ4v) is 2.69. The van der Waals surface area contributed by atoms with Gasteiger partial charge in [-0.05, 0) is 38.0 Å². The van der Waals surface area contributed by atoms with Gasteiger partial charge in [-0.1, -0.05) is 0 Å². The summed E-state index contributed by atoms with van der Waals surface area (Å²) in [5, 5.41) is 16.2. The number of aromatic amines is 1. The number of carbonyl (C=O) groups is 2. The van der Waals surface area contributed by atoms with Gasteiger partial charge >= 0.3 is 12.1 Å². The molecule has 9 nitrogen and oxygen atoms in total. The Morgan fingerprint density at radius 1 is 1.29 bits per heavy atom. The number of carbonyl (C=O) groups excluding carboxylic acids is 2. The van der Waals surface area contributed by atoms with Crippen LogP contribution in [-0.4, -0.2) is 58.2 Å². The number of H-pyrrole nitrogens is 1. The second kappa shape index (κ2) is 7.16. The van der Waals surface area contributed by atoms with Crippen molar-refractivity contribution in [1.82, 2.24) is 25.6 Å². The largest absolute Gasteiger partial charge is 0.450 e. The molecule has 2 aromatic rings. The van der Waals surface area contributed by atoms with Gasteiger partial charge in [0.25, 0.3) is 0 Å². The van der Waals surface area contributed by atoms with Crippen molar-refractivity contribution in [3.05, 3.63) is 18.2 Å². The Hall–Kier alpha value is -2.84. The van der Waals surface area contributed by atoms with Crippen molar-refractivity contribution >= 4 is 28.8 Å². The molecule has 1 aromatic carbocycles. The van der Waals surface area contributed by atoms with Gasteiger partial charge in [-0.25, -0.2) is 9.59 Å². The highest BCUT2D eigenvalue weighted by molar-refractivity contribution is 5.91. The van der Waals surface area contributed by atoms with Crippen LogP contribution in [0, 0.1) is 0 Å². The van der Waals surface area contributed by atoms with Crippen LogP contribution in [0.5, 0.6) is 0 Å². The Morgan fingerprint density at radius 2 is 2.04 bits per heavy atom. The monoisotopic (exact) mass is 332 g/mol. The Kier molecular flexibility index (Phi) is 4.78. The predicted octanol–water partition coefficient (Wildman–Crippen LogP) is 1.70. The minimum atomic E-state index is -0.290. The number of ether oxygens (including phenoxy) is 1. The second-order valence-corrected chi connectivity index (χ2v) is 5.59. The zero-order valence-corrected chi connectivity index (χ0v) is 13.4. The number of urea groups is 1. The van der Waals surface area contributed by atoms with E-state index in [1.807, 2.05) is 0 Å². The first-order valence-corrected chi connectivity index (χ1v) is 7.95. The summed E-state index contributed by atoms with van der Waals surface area (Å²) in [6.45, 7) is 3.31. The Morgan fingerprint density at radius 3 is 2.79 bits per heavy atom. The summed E-state index contributed by atoms with van der Waals surface area (Å²) in [6.07, 6.45) is 1.12. The van der Waals surface area contributed by atoms with E-state index in [9.17, 15) is 9.59 Å². The highest BCUT2D eigenvalue weighted by Crippen LogP contribution is 2.15. The molecule has 3 amide bonds. The van der Waals surface area contributed by atoms with Crippen LogP contribution in [-0.2, 0) is 4.74 Å². The number of nitrogens with zero attached hydrogens (tertiary/aromatic N) is 3. The number of hydrogen-bond donors (Lipinski definition) is 3. The van der Waals surface area contributed by atoms with Crippen LogP contribution in [0.2, 0.25) is 0 Å². The molecule has 9 heteroatoms. The second-order valence-electron chi connectivity index (χ2n) is 5.59. The van der Waals surface area contributed by atoms with E-state index in [4.69, 9.17) is 4.74 Å². The number of fused-ring (bicyclic) bond motifs is 1. The van der Waals surface area contributed by atoms with Crippen molar-refractivity contribution in [3.8, 4) is 0 Å². The summed E-state index contributed by atoms with van der Waals surface area (Å²) in [7, 11) is 0. The normalized spacial score (nSPS) is 15.3. The predicted molar refractivity (Wildman–Crippen MR) is 87.7 cm³/mol. The molecular weight excluding hydrogens is 312 g/mol. The average Bonchev–Trinajstić information content (AvgIpc) is 3.03. The number of likely N-dealkylation sites (tertiary alicyclic amines) is 1. The number of hydrogen-bond acceptors (Lipinski definition) is 5. The number of rotatable bonds is 3. The van der Waals surface area contributed by atoms with Crippen LogP contribution >= 0.6 is 0 Å². The smallest absolute Gasteiger partial charge is 0.409 e. The highest BCUT2D eigenvalue weighted by Gasteiger charge is 2.24. The van der Waals surface area contributed by atoms with Crippen LogP contribution in [0.1, 0.15) is 19.8 Å². The maximum atomic E-state index is 12.1. The van der Waals surface area contributed by atoms with Crippen LogP contribution in [0.3, 0.4) is 0 Å². The number of amides is 3. The van der Waals surface area contributed by atoms with Gasteiger partial charge in [0.05, 0.1) is 6.61 Å². The molecule has 0 unspecified atom stereocenters. The van der Waals surface area contributed by atoms with Crippen LogP contribution in [0.25, 0.3) is 11.0 Å². The number of anilines is 1. The molecule has 0 aliphatic carbocycles. The van der Waals surface area contributed by atoms with E-state index in [0.29, 0.717) is 43.7 Å². The number of piperidine rings is 1. The van der Waals surface area contributed by atoms with Crippen molar-refractivity contribution in [2.45, 2.75) is 25.8 Å². The van der Waals surface area contributed by atoms with Crippen molar-refractivity contribution in [3.63, 3.8) is 0 Å². The van der Waals surface area contributed by atoms with Crippen molar-refractivity contribution in [1.29, 1.82) is 0 Å². The number of benzene rings is 1. The molecule has 3 N–H and O–H groups in total. The molecule has 0 atom stereocenters. The molecule has 0 bridgehead atoms. The number of aromatic nitrogens is 3. The third kappa shape index (κ3) is 3.73. The molecule has 3 rings (SSSR count). The summed E-state index contributed by atoms with van der Waals surface area (Å²) < 4.78 is 4.98. The fourth-order valence-electron chi connectivity index (χ4n) is 2.69. The first-order valence-electron chi connectivity index (χ1n) is 7.95. The molecule has 0 spiro atoms. The van der Waals surface area contributed by atoms with E-state index in [1.54, 1.807) is 30.0 Å². The summed E-state index contributed by atoms with van der Waals surface area (Å²) >= 11 is 0. The van der Waals surface area contributed by atoms with E-state index in [1.165, 1.54) is 0 Å². The first-order chi connectivity index (χ1) is 11.7. The van der Waals surface area contributed by atoms with Crippen molar-refractivity contribution < 1.29 is 14.3 Å². The van der Waals surface area contributed by atoms with Gasteiger partial charge in [-0.15, -0.1) is 0 Å². The Labute approximate surface area is 138 Å². The number of nitrogens with one attached hydrogen (secondary N) is 3. The molecule has 0 radical (unpaired) electrons. The molecule has 1 aromatic heterocycles. The van der Waals surface area contributed by atoms with Gasteiger partial charge in [0.2, 0.25) is 0 Å². The Balaban J connectivity index is 1.48. The lowest BCUT2D eigenvalue weighted by molar-refractivity contribution is 0.0959. The summed E-state index contributed by atoms with van der Waals surface area (Å²) in [5.74, 6) is 0. The quantitative estimate of drug-likeness (QED) is 0.792. The molecule has 1 fully saturated rings. The zero-order valence-electron chi connectivity index (χ0n) is 13.4. The van der Waals surface area contributed by atoms with Crippen LogP contribution < -0.4 is 10.6 Å². The van der Waals surface area contributed by atoms with E-state index >= 15 is 0 Å². The molecule has 1 aliphatic heterocycles. The van der Waals surface area contributed by atoms with Gasteiger partial charge in [0.15, 0.2) is 0 Å². The van der Waals surface area contributed by atoms with Gasteiger partial charge in [0.1, 0.15) is 11.0 Å². The zero-order chi connectivity index (χ0) is 16.9. The molecule has 128 valence electrons. The van der Waals surface area contributed by atoms with E-state index < -0.39 is 0 Å². The molecular formula is C15H20N6O3. The molecule has 0 saturated carbocycles. The Bertz CT molecular complexity index is 723. The third-order valence-corrected chi connectivity index (χ3v) is 3.93. The minimum Gasteiger partial charge on any atom is -0.450 e. The van der Waals surface area contributed by atoms with Gasteiger partial charge in [0, 0.05) is 24.8 Å². The highest BCUT2D eigenvalue weighted by atomic mass is 16.6. The summed E-state index contributed by atoms with van der Waals surface area (Å²) in [6, 6.07) is 5.07. The van der Waals surface area contributed by atoms with E-state index in [0.717, 1.165) is 5.52 Å². The van der Waals surface area contributed by atoms with Gasteiger partial charge in [-0.3, -0.25) is 0 Å². The SMILES string of the molecule is CCOC(=O)N1CCC(NC(=O)Nc2ccc3n[nH]nc3c2)CC1. The minimum absolute atomic E-state index is 0.0338.